The Hall–Kier alpha value is -1.85. The molecule has 0 aliphatic rings. The van der Waals surface area contributed by atoms with E-state index >= 15 is 0 Å². The van der Waals surface area contributed by atoms with E-state index in [1.807, 2.05) is 36.4 Å². The monoisotopic (exact) mass is 334 g/mol. The van der Waals surface area contributed by atoms with Crippen LogP contribution in [0.3, 0.4) is 0 Å². The van der Waals surface area contributed by atoms with E-state index in [0.717, 1.165) is 15.7 Å². The Kier molecular flexibility index (Phi) is 5.15. The number of amides is 1. The summed E-state index contributed by atoms with van der Waals surface area (Å²) in [4.78, 5) is 11.7. The number of rotatable bonds is 5. The van der Waals surface area contributed by atoms with Gasteiger partial charge in [0, 0.05) is 15.8 Å². The molecule has 0 bridgehead atoms. The molecule has 0 aliphatic heterocycles. The average Bonchev–Trinajstić information content (AvgIpc) is 2.44. The smallest absolute Gasteiger partial charge is 0.250 e. The zero-order valence-electron chi connectivity index (χ0n) is 10.8. The zero-order chi connectivity index (χ0) is 14.4. The first kappa shape index (κ1) is 14.6. The summed E-state index contributed by atoms with van der Waals surface area (Å²) in [5, 5.41) is 2.76. The van der Waals surface area contributed by atoms with Crippen LogP contribution >= 0.6 is 15.9 Å². The number of hydrogen-bond donors (Lipinski definition) is 2. The number of carbonyl (C=O) groups excluding carboxylic acids is 1. The predicted octanol–water partition coefficient (Wildman–Crippen LogP) is 3.19. The van der Waals surface area contributed by atoms with E-state index < -0.39 is 0 Å². The van der Waals surface area contributed by atoms with Crippen molar-refractivity contribution in [3.63, 3.8) is 0 Å². The molecule has 3 N–H and O–H groups in total. The van der Waals surface area contributed by atoms with Crippen molar-refractivity contribution in [2.24, 2.45) is 0 Å². The highest BCUT2D eigenvalue weighted by Crippen LogP contribution is 2.14. The fraction of sp³-hybridized carbons (Fsp3) is 0.133. The molecule has 0 saturated heterocycles. The Balaban J connectivity index is 1.75. The van der Waals surface area contributed by atoms with E-state index in [-0.39, 0.29) is 12.5 Å². The largest absolute Gasteiger partial charge is 0.399 e. The number of nitrogen functional groups attached to an aromatic ring is 1. The number of halogens is 1. The number of anilines is 2. The Morgan fingerprint density at radius 2 is 1.75 bits per heavy atom. The van der Waals surface area contributed by atoms with Crippen molar-refractivity contribution >= 4 is 33.2 Å². The molecule has 0 heterocycles. The molecule has 0 aliphatic carbocycles. The maximum absolute atomic E-state index is 11.7. The van der Waals surface area contributed by atoms with Crippen molar-refractivity contribution in [3.8, 4) is 0 Å². The van der Waals surface area contributed by atoms with Gasteiger partial charge < -0.3 is 15.8 Å². The summed E-state index contributed by atoms with van der Waals surface area (Å²) in [6, 6.07) is 14.7. The minimum Gasteiger partial charge on any atom is -0.399 e. The van der Waals surface area contributed by atoms with Crippen molar-refractivity contribution in [1.82, 2.24) is 0 Å². The van der Waals surface area contributed by atoms with Gasteiger partial charge in [-0.3, -0.25) is 4.79 Å². The number of benzene rings is 2. The third kappa shape index (κ3) is 4.68. The number of hydrogen-bond acceptors (Lipinski definition) is 3. The summed E-state index contributed by atoms with van der Waals surface area (Å²) in [6.07, 6.45) is 0. The van der Waals surface area contributed by atoms with Gasteiger partial charge in [-0.25, -0.2) is 0 Å². The average molecular weight is 335 g/mol. The van der Waals surface area contributed by atoms with E-state index in [1.54, 1.807) is 12.1 Å². The van der Waals surface area contributed by atoms with Crippen LogP contribution in [0.2, 0.25) is 0 Å². The molecule has 0 unspecified atom stereocenters. The molecule has 2 aromatic rings. The molecule has 0 aromatic heterocycles. The molecule has 4 nitrogen and oxygen atoms in total. The first-order valence-corrected chi connectivity index (χ1v) is 6.90. The number of nitrogens with two attached hydrogens (primary N) is 1. The molecule has 0 atom stereocenters. The van der Waals surface area contributed by atoms with Gasteiger partial charge in [-0.2, -0.15) is 0 Å². The van der Waals surface area contributed by atoms with Crippen LogP contribution in [0.4, 0.5) is 11.4 Å². The van der Waals surface area contributed by atoms with Gasteiger partial charge in [0.1, 0.15) is 6.61 Å². The molecule has 5 heteroatoms. The second-order valence-electron chi connectivity index (χ2n) is 4.29. The molecule has 20 heavy (non-hydrogen) atoms. The van der Waals surface area contributed by atoms with Crippen molar-refractivity contribution in [2.45, 2.75) is 6.61 Å². The quantitative estimate of drug-likeness (QED) is 0.825. The lowest BCUT2D eigenvalue weighted by Gasteiger charge is -2.07. The van der Waals surface area contributed by atoms with Crippen molar-refractivity contribution in [3.05, 3.63) is 58.6 Å². The number of nitrogens with one attached hydrogen (secondary N) is 1. The highest BCUT2D eigenvalue weighted by Gasteiger charge is 2.03. The van der Waals surface area contributed by atoms with Crippen LogP contribution in [0, 0.1) is 0 Å². The molecule has 0 fully saturated rings. The molecule has 0 spiro atoms. The lowest BCUT2D eigenvalue weighted by molar-refractivity contribution is -0.121. The fourth-order valence-electron chi connectivity index (χ4n) is 1.61. The van der Waals surface area contributed by atoms with Crippen LogP contribution in [0.1, 0.15) is 5.56 Å². The second kappa shape index (κ2) is 7.07. The summed E-state index contributed by atoms with van der Waals surface area (Å²) < 4.78 is 6.32. The fourth-order valence-corrected chi connectivity index (χ4v) is 1.87. The number of ether oxygens (including phenoxy) is 1. The Morgan fingerprint density at radius 1 is 1.10 bits per heavy atom. The van der Waals surface area contributed by atoms with Gasteiger partial charge in [0.2, 0.25) is 5.91 Å². The van der Waals surface area contributed by atoms with Crippen molar-refractivity contribution in [1.29, 1.82) is 0 Å². The maximum Gasteiger partial charge on any atom is 0.250 e. The van der Waals surface area contributed by atoms with E-state index in [0.29, 0.717) is 12.3 Å². The van der Waals surface area contributed by atoms with Crippen LogP contribution in [-0.2, 0) is 16.1 Å². The van der Waals surface area contributed by atoms with Crippen LogP contribution in [0.25, 0.3) is 0 Å². The van der Waals surface area contributed by atoms with E-state index in [1.165, 1.54) is 0 Å². The standard InChI is InChI=1S/C15H15BrN2O2/c16-12-3-7-14(8-4-12)18-15(19)10-20-9-11-1-5-13(17)6-2-11/h1-8H,9-10,17H2,(H,18,19). The summed E-state index contributed by atoms with van der Waals surface area (Å²) in [5.74, 6) is -0.178. The van der Waals surface area contributed by atoms with E-state index in [9.17, 15) is 4.79 Å². The van der Waals surface area contributed by atoms with Gasteiger partial charge in [0.25, 0.3) is 0 Å². The second-order valence-corrected chi connectivity index (χ2v) is 5.21. The minimum absolute atomic E-state index is 0.0143. The highest BCUT2D eigenvalue weighted by atomic mass is 79.9. The van der Waals surface area contributed by atoms with Crippen molar-refractivity contribution < 1.29 is 9.53 Å². The molecule has 1 amide bonds. The zero-order valence-corrected chi connectivity index (χ0v) is 12.4. The van der Waals surface area contributed by atoms with Gasteiger partial charge in [-0.05, 0) is 42.0 Å². The molecule has 0 radical (unpaired) electrons. The molecular formula is C15H15BrN2O2. The summed E-state index contributed by atoms with van der Waals surface area (Å²) in [5.41, 5.74) is 8.03. The normalized spacial score (nSPS) is 10.2. The summed E-state index contributed by atoms with van der Waals surface area (Å²) in [6.45, 7) is 0.397. The maximum atomic E-state index is 11.7. The number of carbonyl (C=O) groups is 1. The van der Waals surface area contributed by atoms with Crippen LogP contribution < -0.4 is 11.1 Å². The van der Waals surface area contributed by atoms with Crippen LogP contribution in [-0.4, -0.2) is 12.5 Å². The third-order valence-corrected chi connectivity index (χ3v) is 3.14. The van der Waals surface area contributed by atoms with E-state index in [4.69, 9.17) is 10.5 Å². The van der Waals surface area contributed by atoms with Gasteiger partial charge in [0.15, 0.2) is 0 Å². The van der Waals surface area contributed by atoms with Gasteiger partial charge >= 0.3 is 0 Å². The Bertz CT molecular complexity index is 567. The Morgan fingerprint density at radius 3 is 2.40 bits per heavy atom. The van der Waals surface area contributed by atoms with Crippen LogP contribution in [0.15, 0.2) is 53.0 Å². The molecule has 0 saturated carbocycles. The van der Waals surface area contributed by atoms with Crippen LogP contribution in [0.5, 0.6) is 0 Å². The third-order valence-electron chi connectivity index (χ3n) is 2.61. The molecular weight excluding hydrogens is 320 g/mol. The first-order valence-electron chi connectivity index (χ1n) is 6.11. The molecule has 104 valence electrons. The summed E-state index contributed by atoms with van der Waals surface area (Å²) >= 11 is 3.34. The SMILES string of the molecule is Nc1ccc(COCC(=O)Nc2ccc(Br)cc2)cc1. The predicted molar refractivity (Wildman–Crippen MR) is 83.3 cm³/mol. The lowest BCUT2D eigenvalue weighted by atomic mass is 10.2. The van der Waals surface area contributed by atoms with Gasteiger partial charge in [-0.15, -0.1) is 0 Å². The molecule has 2 aromatic carbocycles. The first-order chi connectivity index (χ1) is 9.63. The highest BCUT2D eigenvalue weighted by molar-refractivity contribution is 9.10. The lowest BCUT2D eigenvalue weighted by Crippen LogP contribution is -2.18. The van der Waals surface area contributed by atoms with Gasteiger partial charge in [-0.1, -0.05) is 28.1 Å². The van der Waals surface area contributed by atoms with Crippen molar-refractivity contribution in [2.75, 3.05) is 17.7 Å². The Labute approximate surface area is 126 Å². The minimum atomic E-state index is -0.178. The topological polar surface area (TPSA) is 64.3 Å². The summed E-state index contributed by atoms with van der Waals surface area (Å²) in [7, 11) is 0. The van der Waals surface area contributed by atoms with E-state index in [2.05, 4.69) is 21.2 Å². The molecule has 2 rings (SSSR count). The van der Waals surface area contributed by atoms with Gasteiger partial charge in [0.05, 0.1) is 6.61 Å².